The standard InChI is InChI=1S/C30H33N5O8/c1-20-7-4-5-10-24(20)31-30(40)32-25-12-11-21(16-26(25)43-3)17-27(36)33(2)19-28(37)34(14-13-29(38)39)18-22-8-6-9-23(15-22)35(41)42/h4-12,15-16H,13-14,17-19H2,1-3H3,(H,38,39)(H2,31,32,40). The van der Waals surface area contributed by atoms with E-state index in [1.54, 1.807) is 30.3 Å². The molecule has 3 aromatic rings. The van der Waals surface area contributed by atoms with Crippen LogP contribution in [0.5, 0.6) is 5.75 Å². The first-order chi connectivity index (χ1) is 20.5. The molecule has 0 aliphatic heterocycles. The number of hydrogen-bond acceptors (Lipinski definition) is 7. The van der Waals surface area contributed by atoms with E-state index in [1.807, 2.05) is 25.1 Å². The highest BCUT2D eigenvalue weighted by Gasteiger charge is 2.21. The van der Waals surface area contributed by atoms with Crippen LogP contribution >= 0.6 is 0 Å². The van der Waals surface area contributed by atoms with Crippen LogP contribution in [0.4, 0.5) is 21.9 Å². The number of carbonyl (C=O) groups is 4. The number of aryl methyl sites for hydroxylation is 1. The number of carboxylic acids is 1. The third-order valence-corrected chi connectivity index (χ3v) is 6.50. The molecule has 0 fully saturated rings. The van der Waals surface area contributed by atoms with Crippen LogP contribution in [-0.2, 0) is 27.3 Å². The molecule has 3 rings (SSSR count). The first-order valence-corrected chi connectivity index (χ1v) is 13.2. The number of urea groups is 1. The molecule has 0 aromatic heterocycles. The maximum Gasteiger partial charge on any atom is 0.323 e. The minimum atomic E-state index is -1.11. The highest BCUT2D eigenvalue weighted by Crippen LogP contribution is 2.26. The summed E-state index contributed by atoms with van der Waals surface area (Å²) in [6, 6.07) is 17.4. The van der Waals surface area contributed by atoms with Crippen molar-refractivity contribution in [3.05, 3.63) is 93.5 Å². The number of amides is 4. The van der Waals surface area contributed by atoms with Gasteiger partial charge in [-0.05, 0) is 41.8 Å². The number of nitrogens with one attached hydrogen (secondary N) is 2. The summed E-state index contributed by atoms with van der Waals surface area (Å²) >= 11 is 0. The van der Waals surface area contributed by atoms with Gasteiger partial charge in [-0.1, -0.05) is 36.4 Å². The Balaban J connectivity index is 1.64. The van der Waals surface area contributed by atoms with E-state index >= 15 is 0 Å². The molecule has 0 aliphatic rings. The number of nitro benzene ring substituents is 1. The largest absolute Gasteiger partial charge is 0.495 e. The highest BCUT2D eigenvalue weighted by atomic mass is 16.6. The lowest BCUT2D eigenvalue weighted by atomic mass is 10.1. The monoisotopic (exact) mass is 591 g/mol. The van der Waals surface area contributed by atoms with Gasteiger partial charge in [0, 0.05) is 38.0 Å². The van der Waals surface area contributed by atoms with E-state index in [9.17, 15) is 29.3 Å². The number of rotatable bonds is 13. The molecule has 0 atom stereocenters. The summed E-state index contributed by atoms with van der Waals surface area (Å²) in [7, 11) is 2.88. The van der Waals surface area contributed by atoms with Crippen molar-refractivity contribution in [2.75, 3.05) is 37.9 Å². The predicted molar refractivity (Wildman–Crippen MR) is 159 cm³/mol. The normalized spacial score (nSPS) is 10.4. The molecular formula is C30H33N5O8. The maximum absolute atomic E-state index is 13.1. The number of benzene rings is 3. The van der Waals surface area contributed by atoms with E-state index in [2.05, 4.69) is 10.6 Å². The Labute approximate surface area is 248 Å². The molecular weight excluding hydrogens is 558 g/mol. The van der Waals surface area contributed by atoms with Crippen molar-refractivity contribution < 1.29 is 33.9 Å². The first-order valence-electron chi connectivity index (χ1n) is 13.2. The zero-order valence-electron chi connectivity index (χ0n) is 24.0. The second kappa shape index (κ2) is 15.0. The molecule has 226 valence electrons. The van der Waals surface area contributed by atoms with Crippen molar-refractivity contribution >= 4 is 40.9 Å². The number of carbonyl (C=O) groups excluding carboxylic acids is 3. The molecule has 0 aliphatic carbocycles. The molecule has 3 aromatic carbocycles. The van der Waals surface area contributed by atoms with Gasteiger partial charge in [0.15, 0.2) is 0 Å². The summed E-state index contributed by atoms with van der Waals surface area (Å²) < 4.78 is 5.41. The van der Waals surface area contributed by atoms with Crippen molar-refractivity contribution in [2.24, 2.45) is 0 Å². The molecule has 0 saturated heterocycles. The molecule has 3 N–H and O–H groups in total. The van der Waals surface area contributed by atoms with E-state index in [0.29, 0.717) is 28.3 Å². The Morgan fingerprint density at radius 3 is 2.33 bits per heavy atom. The lowest BCUT2D eigenvalue weighted by molar-refractivity contribution is -0.384. The van der Waals surface area contributed by atoms with Crippen molar-refractivity contribution in [1.82, 2.24) is 9.80 Å². The summed E-state index contributed by atoms with van der Waals surface area (Å²) in [6.45, 7) is 1.35. The fraction of sp³-hybridized carbons (Fsp3) is 0.267. The highest BCUT2D eigenvalue weighted by molar-refractivity contribution is 6.01. The SMILES string of the molecule is COc1cc(CC(=O)N(C)CC(=O)N(CCC(=O)O)Cc2cccc([N+](=O)[O-])c2)ccc1NC(=O)Nc1ccccc1C. The fourth-order valence-electron chi connectivity index (χ4n) is 4.15. The third-order valence-electron chi connectivity index (χ3n) is 6.50. The van der Waals surface area contributed by atoms with Crippen LogP contribution in [0.3, 0.4) is 0 Å². The van der Waals surface area contributed by atoms with Crippen LogP contribution in [0.1, 0.15) is 23.1 Å². The summed E-state index contributed by atoms with van der Waals surface area (Å²) in [4.78, 5) is 62.8. The second-order valence-electron chi connectivity index (χ2n) is 9.74. The average molecular weight is 592 g/mol. The number of ether oxygens (including phenoxy) is 1. The van der Waals surface area contributed by atoms with E-state index < -0.39 is 22.8 Å². The molecule has 13 nitrogen and oxygen atoms in total. The Hall–Kier alpha value is -5.46. The smallest absolute Gasteiger partial charge is 0.323 e. The number of anilines is 2. The number of para-hydroxylation sites is 1. The number of nitro groups is 1. The van der Waals surface area contributed by atoms with Crippen LogP contribution in [0.15, 0.2) is 66.7 Å². The van der Waals surface area contributed by atoms with Gasteiger partial charge in [-0.2, -0.15) is 0 Å². The summed E-state index contributed by atoms with van der Waals surface area (Å²) in [6.07, 6.45) is -0.405. The van der Waals surface area contributed by atoms with Gasteiger partial charge in [0.2, 0.25) is 11.8 Å². The summed E-state index contributed by atoms with van der Waals surface area (Å²) in [5.41, 5.74) is 2.82. The molecule has 4 amide bonds. The number of nitrogens with zero attached hydrogens (tertiary/aromatic N) is 3. The summed E-state index contributed by atoms with van der Waals surface area (Å²) in [5.74, 6) is -1.68. The van der Waals surface area contributed by atoms with Gasteiger partial charge in [0.1, 0.15) is 5.75 Å². The van der Waals surface area contributed by atoms with Crippen LogP contribution in [0.25, 0.3) is 0 Å². The van der Waals surface area contributed by atoms with Gasteiger partial charge in [-0.3, -0.25) is 24.5 Å². The van der Waals surface area contributed by atoms with E-state index in [0.717, 1.165) is 5.56 Å². The quantitative estimate of drug-likeness (QED) is 0.197. The molecule has 0 heterocycles. The van der Waals surface area contributed by atoms with Crippen molar-refractivity contribution in [3.63, 3.8) is 0 Å². The molecule has 0 saturated carbocycles. The van der Waals surface area contributed by atoms with Crippen molar-refractivity contribution in [2.45, 2.75) is 26.3 Å². The third kappa shape index (κ3) is 9.56. The Kier molecular flexibility index (Phi) is 11.2. The molecule has 13 heteroatoms. The van der Waals surface area contributed by atoms with Crippen LogP contribution in [0, 0.1) is 17.0 Å². The van der Waals surface area contributed by atoms with E-state index in [-0.39, 0.29) is 44.1 Å². The molecule has 0 radical (unpaired) electrons. The van der Waals surface area contributed by atoms with Gasteiger partial charge in [0.05, 0.1) is 37.1 Å². The second-order valence-corrected chi connectivity index (χ2v) is 9.74. The fourth-order valence-corrected chi connectivity index (χ4v) is 4.15. The van der Waals surface area contributed by atoms with E-state index in [1.165, 1.54) is 42.2 Å². The van der Waals surface area contributed by atoms with Gasteiger partial charge < -0.3 is 30.3 Å². The number of non-ortho nitro benzene ring substituents is 1. The van der Waals surface area contributed by atoms with Gasteiger partial charge in [-0.25, -0.2) is 4.79 Å². The lowest BCUT2D eigenvalue weighted by Crippen LogP contribution is -2.42. The van der Waals surface area contributed by atoms with Crippen LogP contribution in [-0.4, -0.2) is 70.9 Å². The molecule has 0 bridgehead atoms. The number of carboxylic acid groups (broad SMARTS) is 1. The van der Waals surface area contributed by atoms with Gasteiger partial charge >= 0.3 is 12.0 Å². The topological polar surface area (TPSA) is 171 Å². The minimum absolute atomic E-state index is 0.0566. The van der Waals surface area contributed by atoms with Gasteiger partial charge in [-0.15, -0.1) is 0 Å². The zero-order chi connectivity index (χ0) is 31.5. The number of likely N-dealkylation sites (N-methyl/N-ethyl adjacent to an activating group) is 1. The Bertz CT molecular complexity index is 1510. The Morgan fingerprint density at radius 1 is 0.930 bits per heavy atom. The van der Waals surface area contributed by atoms with Crippen LogP contribution in [0.2, 0.25) is 0 Å². The van der Waals surface area contributed by atoms with Crippen molar-refractivity contribution in [3.8, 4) is 5.75 Å². The maximum atomic E-state index is 13.1. The Morgan fingerprint density at radius 2 is 1.65 bits per heavy atom. The lowest BCUT2D eigenvalue weighted by Gasteiger charge is -2.25. The van der Waals surface area contributed by atoms with Gasteiger partial charge in [0.25, 0.3) is 5.69 Å². The predicted octanol–water partition coefficient (Wildman–Crippen LogP) is 4.06. The van der Waals surface area contributed by atoms with Crippen molar-refractivity contribution in [1.29, 1.82) is 0 Å². The summed E-state index contributed by atoms with van der Waals surface area (Å²) in [5, 5.41) is 25.7. The molecule has 0 unspecified atom stereocenters. The van der Waals surface area contributed by atoms with Crippen LogP contribution < -0.4 is 15.4 Å². The minimum Gasteiger partial charge on any atom is -0.495 e. The number of aliphatic carboxylic acids is 1. The molecule has 0 spiro atoms. The number of methoxy groups -OCH3 is 1. The van der Waals surface area contributed by atoms with E-state index in [4.69, 9.17) is 9.84 Å². The number of hydrogen-bond donors (Lipinski definition) is 3. The molecule has 43 heavy (non-hydrogen) atoms. The zero-order valence-corrected chi connectivity index (χ0v) is 24.0. The first kappa shape index (κ1) is 32.1. The average Bonchev–Trinajstić information content (AvgIpc) is 2.97.